The third-order valence-electron chi connectivity index (χ3n) is 2.91. The molecule has 1 aliphatic carbocycles. The summed E-state index contributed by atoms with van der Waals surface area (Å²) in [5.41, 5.74) is 0. The number of hydrogen-bond acceptors (Lipinski definition) is 2. The van der Waals surface area contributed by atoms with Crippen molar-refractivity contribution < 1.29 is 5.11 Å². The molecule has 0 radical (unpaired) electrons. The van der Waals surface area contributed by atoms with Crippen LogP contribution in [0.3, 0.4) is 0 Å². The molecule has 1 rings (SSSR count). The Morgan fingerprint density at radius 1 is 1.50 bits per heavy atom. The number of nitrogens with one attached hydrogen (secondary N) is 1. The van der Waals surface area contributed by atoms with Crippen molar-refractivity contribution in [3.8, 4) is 0 Å². The minimum absolute atomic E-state index is 0.257. The molecule has 0 aromatic carbocycles. The van der Waals surface area contributed by atoms with Gasteiger partial charge in [0.15, 0.2) is 0 Å². The van der Waals surface area contributed by atoms with Crippen molar-refractivity contribution in [3.63, 3.8) is 0 Å². The molecule has 72 valence electrons. The first-order valence-corrected chi connectivity index (χ1v) is 5.13. The first-order chi connectivity index (χ1) is 5.76. The largest absolute Gasteiger partial charge is 0.395 e. The average Bonchev–Trinajstić information content (AvgIpc) is 2.52. The molecule has 2 unspecified atom stereocenters. The Labute approximate surface area is 75.4 Å². The third kappa shape index (κ3) is 2.76. The molecular weight excluding hydrogens is 150 g/mol. The lowest BCUT2D eigenvalue weighted by atomic mass is 10.1. The Balaban J connectivity index is 2.18. The lowest BCUT2D eigenvalue weighted by Crippen LogP contribution is -2.37. The smallest absolute Gasteiger partial charge is 0.0582 e. The van der Waals surface area contributed by atoms with Gasteiger partial charge in [-0.1, -0.05) is 13.3 Å². The zero-order valence-corrected chi connectivity index (χ0v) is 8.21. The summed E-state index contributed by atoms with van der Waals surface area (Å²) in [6.07, 6.45) is 5.28. The lowest BCUT2D eigenvalue weighted by molar-refractivity contribution is 0.239. The normalized spacial score (nSPS) is 32.2. The highest BCUT2D eigenvalue weighted by Gasteiger charge is 2.23. The van der Waals surface area contributed by atoms with Gasteiger partial charge in [0.05, 0.1) is 6.61 Å². The maximum absolute atomic E-state index is 8.86. The molecule has 2 nitrogen and oxygen atoms in total. The van der Waals surface area contributed by atoms with Gasteiger partial charge in [-0.05, 0) is 32.1 Å². The molecular formula is C10H21NO. The van der Waals surface area contributed by atoms with Crippen LogP contribution in [-0.4, -0.2) is 23.8 Å². The van der Waals surface area contributed by atoms with Crippen LogP contribution in [0.25, 0.3) is 0 Å². The minimum Gasteiger partial charge on any atom is -0.395 e. The third-order valence-corrected chi connectivity index (χ3v) is 2.91. The van der Waals surface area contributed by atoms with Crippen molar-refractivity contribution in [1.82, 2.24) is 5.32 Å². The molecule has 0 amide bonds. The summed E-state index contributed by atoms with van der Waals surface area (Å²) < 4.78 is 0. The van der Waals surface area contributed by atoms with Crippen molar-refractivity contribution >= 4 is 0 Å². The van der Waals surface area contributed by atoms with E-state index in [2.05, 4.69) is 12.2 Å². The van der Waals surface area contributed by atoms with Crippen LogP contribution in [0.2, 0.25) is 0 Å². The Hall–Kier alpha value is -0.0800. The zero-order chi connectivity index (χ0) is 8.97. The second kappa shape index (κ2) is 4.83. The summed E-state index contributed by atoms with van der Waals surface area (Å²) in [4.78, 5) is 0. The maximum Gasteiger partial charge on any atom is 0.0582 e. The number of hydrogen-bond donors (Lipinski definition) is 2. The van der Waals surface area contributed by atoms with Gasteiger partial charge in [-0.2, -0.15) is 0 Å². The molecule has 0 aromatic rings. The highest BCUT2D eigenvalue weighted by atomic mass is 16.3. The van der Waals surface area contributed by atoms with E-state index in [-0.39, 0.29) is 12.6 Å². The van der Waals surface area contributed by atoms with E-state index in [1.54, 1.807) is 0 Å². The van der Waals surface area contributed by atoms with Crippen LogP contribution in [0.15, 0.2) is 0 Å². The van der Waals surface area contributed by atoms with Gasteiger partial charge in [-0.3, -0.25) is 0 Å². The van der Waals surface area contributed by atoms with Crippen molar-refractivity contribution in [3.05, 3.63) is 0 Å². The molecule has 1 saturated carbocycles. The fraction of sp³-hybridized carbons (Fsp3) is 1.00. The summed E-state index contributed by atoms with van der Waals surface area (Å²) in [6.45, 7) is 4.56. The van der Waals surface area contributed by atoms with Crippen LogP contribution in [-0.2, 0) is 0 Å². The van der Waals surface area contributed by atoms with Crippen molar-refractivity contribution in [2.45, 2.75) is 51.6 Å². The molecule has 1 fully saturated rings. The standard InChI is InChI=1S/C10H21NO/c1-3-9-4-5-10(6-9)11-8(2)7-12/h8-12H,3-7H2,1-2H3/t8-,9?,10?/m1/s1. The Kier molecular flexibility index (Phi) is 4.02. The molecule has 12 heavy (non-hydrogen) atoms. The molecule has 1 aliphatic rings. The monoisotopic (exact) mass is 171 g/mol. The SMILES string of the molecule is CCC1CCC(N[C@H](C)CO)C1. The highest BCUT2D eigenvalue weighted by Crippen LogP contribution is 2.27. The molecule has 0 spiro atoms. The van der Waals surface area contributed by atoms with Crippen LogP contribution in [0, 0.1) is 5.92 Å². The molecule has 2 N–H and O–H groups in total. The van der Waals surface area contributed by atoms with Gasteiger partial charge in [0.25, 0.3) is 0 Å². The van der Waals surface area contributed by atoms with Gasteiger partial charge in [0.2, 0.25) is 0 Å². The highest BCUT2D eigenvalue weighted by molar-refractivity contribution is 4.81. The van der Waals surface area contributed by atoms with Crippen molar-refractivity contribution in [1.29, 1.82) is 0 Å². The molecule has 3 atom stereocenters. The predicted molar refractivity (Wildman–Crippen MR) is 51.1 cm³/mol. The maximum atomic E-state index is 8.86. The molecule has 2 heteroatoms. The molecule has 0 saturated heterocycles. The van der Waals surface area contributed by atoms with E-state index < -0.39 is 0 Å². The van der Waals surface area contributed by atoms with Crippen LogP contribution in [0.5, 0.6) is 0 Å². The summed E-state index contributed by atoms with van der Waals surface area (Å²) in [7, 11) is 0. The van der Waals surface area contributed by atoms with E-state index in [9.17, 15) is 0 Å². The first-order valence-electron chi connectivity index (χ1n) is 5.13. The number of aliphatic hydroxyl groups excluding tert-OH is 1. The van der Waals surface area contributed by atoms with Crippen LogP contribution >= 0.6 is 0 Å². The Morgan fingerprint density at radius 3 is 2.75 bits per heavy atom. The Bertz CT molecular complexity index is 127. The molecule has 0 aromatic heterocycles. The summed E-state index contributed by atoms with van der Waals surface area (Å²) in [6, 6.07) is 0.933. The predicted octanol–water partition coefficient (Wildman–Crippen LogP) is 1.54. The van der Waals surface area contributed by atoms with Gasteiger partial charge in [-0.25, -0.2) is 0 Å². The fourth-order valence-corrected chi connectivity index (χ4v) is 2.05. The van der Waals surface area contributed by atoms with E-state index in [1.165, 1.54) is 25.7 Å². The summed E-state index contributed by atoms with van der Waals surface area (Å²) in [5, 5.41) is 12.3. The molecule has 0 heterocycles. The Morgan fingerprint density at radius 2 is 2.25 bits per heavy atom. The van der Waals surface area contributed by atoms with Crippen molar-refractivity contribution in [2.24, 2.45) is 5.92 Å². The first kappa shape index (κ1) is 10.0. The molecule has 0 bridgehead atoms. The summed E-state index contributed by atoms with van der Waals surface area (Å²) >= 11 is 0. The number of rotatable bonds is 4. The van der Waals surface area contributed by atoms with Crippen LogP contribution in [0.1, 0.15) is 39.5 Å². The second-order valence-corrected chi connectivity index (χ2v) is 4.03. The quantitative estimate of drug-likeness (QED) is 0.672. The molecule has 0 aliphatic heterocycles. The van der Waals surface area contributed by atoms with Gasteiger partial charge >= 0.3 is 0 Å². The lowest BCUT2D eigenvalue weighted by Gasteiger charge is -2.17. The van der Waals surface area contributed by atoms with E-state index >= 15 is 0 Å². The van der Waals surface area contributed by atoms with E-state index in [1.807, 2.05) is 6.92 Å². The summed E-state index contributed by atoms with van der Waals surface area (Å²) in [5.74, 6) is 0.924. The van der Waals surface area contributed by atoms with Gasteiger partial charge in [0, 0.05) is 12.1 Å². The van der Waals surface area contributed by atoms with Gasteiger partial charge in [-0.15, -0.1) is 0 Å². The van der Waals surface area contributed by atoms with Crippen LogP contribution in [0.4, 0.5) is 0 Å². The number of aliphatic hydroxyl groups is 1. The average molecular weight is 171 g/mol. The van der Waals surface area contributed by atoms with E-state index in [0.717, 1.165) is 5.92 Å². The fourth-order valence-electron chi connectivity index (χ4n) is 2.05. The van der Waals surface area contributed by atoms with E-state index in [4.69, 9.17) is 5.11 Å². The van der Waals surface area contributed by atoms with Gasteiger partial charge < -0.3 is 10.4 Å². The van der Waals surface area contributed by atoms with E-state index in [0.29, 0.717) is 6.04 Å². The zero-order valence-electron chi connectivity index (χ0n) is 8.21. The van der Waals surface area contributed by atoms with Gasteiger partial charge in [0.1, 0.15) is 0 Å². The minimum atomic E-state index is 0.257. The van der Waals surface area contributed by atoms with Crippen molar-refractivity contribution in [2.75, 3.05) is 6.61 Å². The van der Waals surface area contributed by atoms with Crippen LogP contribution < -0.4 is 5.32 Å². The second-order valence-electron chi connectivity index (χ2n) is 4.03. The topological polar surface area (TPSA) is 32.3 Å².